The first-order valence-electron chi connectivity index (χ1n) is 9.10. The molecular weight excluding hydrogens is 367 g/mol. The van der Waals surface area contributed by atoms with Gasteiger partial charge in [-0.3, -0.25) is 23.5 Å². The minimum Gasteiger partial charge on any atom is -0.269 e. The van der Waals surface area contributed by atoms with Gasteiger partial charge in [-0.2, -0.15) is 0 Å². The zero-order valence-electron chi connectivity index (χ0n) is 15.8. The van der Waals surface area contributed by atoms with Crippen LogP contribution in [0.15, 0.2) is 35.2 Å². The summed E-state index contributed by atoms with van der Waals surface area (Å²) >= 11 is 2.10. The Bertz CT molecular complexity index is 370. The molecule has 158 valence electrons. The molecule has 1 aromatic carbocycles. The second-order valence-electron chi connectivity index (χ2n) is 6.63. The Kier molecular flexibility index (Phi) is 25.9. The minimum absolute atomic E-state index is 0. The highest BCUT2D eigenvalue weighted by atomic mass is 32.2. The molecule has 0 bridgehead atoms. The summed E-state index contributed by atoms with van der Waals surface area (Å²) in [7, 11) is 0. The molecule has 0 heterocycles. The van der Waals surface area contributed by atoms with Crippen molar-refractivity contribution in [2.75, 3.05) is 0 Å². The van der Waals surface area contributed by atoms with Gasteiger partial charge in [-0.1, -0.05) is 70.1 Å². The molecule has 1 saturated carbocycles. The lowest BCUT2D eigenvalue weighted by molar-refractivity contribution is 0.333. The first-order valence-corrected chi connectivity index (χ1v) is 9.98. The summed E-state index contributed by atoms with van der Waals surface area (Å²) in [6, 6.07) is 10.9. The fraction of sp³-hybridized carbons (Fsp3) is 0.700. The van der Waals surface area contributed by atoms with Crippen molar-refractivity contribution in [2.24, 2.45) is 5.92 Å². The molecule has 0 N–H and O–H groups in total. The van der Waals surface area contributed by atoms with Crippen molar-refractivity contribution in [3.63, 3.8) is 0 Å². The number of halogens is 5. The van der Waals surface area contributed by atoms with E-state index in [4.69, 9.17) is 0 Å². The number of unbranched alkanes of at least 4 members (excludes halogenated alkanes) is 5. The van der Waals surface area contributed by atoms with Gasteiger partial charge in [-0.25, -0.2) is 0 Å². The number of hydrogen-bond acceptors (Lipinski definition) is 1. The van der Waals surface area contributed by atoms with Crippen molar-refractivity contribution >= 4 is 11.8 Å². The molecule has 0 atom stereocenters. The molecule has 6 heteroatoms. The van der Waals surface area contributed by atoms with Gasteiger partial charge >= 0.3 is 0 Å². The Morgan fingerprint density at radius 1 is 0.731 bits per heavy atom. The van der Waals surface area contributed by atoms with Crippen LogP contribution in [0.3, 0.4) is 0 Å². The molecule has 0 radical (unpaired) electrons. The van der Waals surface area contributed by atoms with E-state index in [-0.39, 0.29) is 23.5 Å². The average molecular weight is 405 g/mol. The van der Waals surface area contributed by atoms with Crippen LogP contribution in [0, 0.1) is 5.92 Å². The van der Waals surface area contributed by atoms with Crippen LogP contribution < -0.4 is 0 Å². The predicted octanol–water partition coefficient (Wildman–Crippen LogP) is 7.85. The topological polar surface area (TPSA) is 0 Å². The molecule has 1 fully saturated rings. The third-order valence-electron chi connectivity index (χ3n) is 4.81. The first kappa shape index (κ1) is 32.9. The molecular formula is C20H37F5S. The van der Waals surface area contributed by atoms with Gasteiger partial charge in [0.25, 0.3) is 0 Å². The van der Waals surface area contributed by atoms with Crippen LogP contribution in [-0.2, 0) is 0 Å². The van der Waals surface area contributed by atoms with E-state index in [0.29, 0.717) is 0 Å². The maximum Gasteiger partial charge on any atom is 0.00946 e. The van der Waals surface area contributed by atoms with Crippen LogP contribution in [0.2, 0.25) is 0 Å². The summed E-state index contributed by atoms with van der Waals surface area (Å²) < 4.78 is 0. The van der Waals surface area contributed by atoms with Gasteiger partial charge in [-0.15, -0.1) is 11.8 Å². The maximum atomic E-state index is 2.30. The highest BCUT2D eigenvalue weighted by Gasteiger charge is 2.21. The van der Waals surface area contributed by atoms with Crippen LogP contribution in [0.5, 0.6) is 0 Å². The van der Waals surface area contributed by atoms with Gasteiger partial charge in [0.2, 0.25) is 0 Å². The quantitative estimate of drug-likeness (QED) is 0.298. The summed E-state index contributed by atoms with van der Waals surface area (Å²) in [5.74, 6) is 1.03. The van der Waals surface area contributed by atoms with E-state index < -0.39 is 0 Å². The Morgan fingerprint density at radius 3 is 1.85 bits per heavy atom. The van der Waals surface area contributed by atoms with E-state index in [1.165, 1.54) is 75.5 Å². The molecule has 1 aromatic rings. The first-order chi connectivity index (χ1) is 10.4. The Morgan fingerprint density at radius 2 is 1.27 bits per heavy atom. The Balaban J connectivity index is -0.000000484. The SMILES string of the molecule is CCCCCCCCC1CCC(Sc2ccccc2)CC1.F.F.F.F.F. The van der Waals surface area contributed by atoms with Crippen molar-refractivity contribution in [2.45, 2.75) is 87.7 Å². The predicted molar refractivity (Wildman–Crippen MR) is 109 cm³/mol. The maximum absolute atomic E-state index is 2.30. The van der Waals surface area contributed by atoms with Gasteiger partial charge in [-0.05, 0) is 43.7 Å². The van der Waals surface area contributed by atoms with Gasteiger partial charge in [0.1, 0.15) is 0 Å². The molecule has 0 nitrogen and oxygen atoms in total. The molecule has 0 aromatic heterocycles. The highest BCUT2D eigenvalue weighted by Crippen LogP contribution is 2.37. The minimum atomic E-state index is 0. The molecule has 2 rings (SSSR count). The number of rotatable bonds is 9. The lowest BCUT2D eigenvalue weighted by Gasteiger charge is -2.28. The fourth-order valence-corrected chi connectivity index (χ4v) is 4.65. The van der Waals surface area contributed by atoms with Gasteiger partial charge in [0, 0.05) is 10.1 Å². The average Bonchev–Trinajstić information content (AvgIpc) is 2.53. The zero-order valence-corrected chi connectivity index (χ0v) is 16.6. The number of benzene rings is 1. The highest BCUT2D eigenvalue weighted by molar-refractivity contribution is 8.00. The van der Waals surface area contributed by atoms with E-state index in [2.05, 4.69) is 49.0 Å². The second-order valence-corrected chi connectivity index (χ2v) is 8.00. The molecule has 1 aliphatic rings. The zero-order chi connectivity index (χ0) is 14.8. The van der Waals surface area contributed by atoms with Gasteiger partial charge < -0.3 is 0 Å². The Labute approximate surface area is 159 Å². The number of thioether (sulfide) groups is 1. The molecule has 1 aliphatic carbocycles. The van der Waals surface area contributed by atoms with Crippen molar-refractivity contribution in [3.05, 3.63) is 30.3 Å². The summed E-state index contributed by atoms with van der Waals surface area (Å²) in [5, 5.41) is 0.869. The number of hydrogen-bond donors (Lipinski definition) is 0. The molecule has 0 amide bonds. The van der Waals surface area contributed by atoms with Crippen molar-refractivity contribution < 1.29 is 23.5 Å². The molecule has 26 heavy (non-hydrogen) atoms. The van der Waals surface area contributed by atoms with Gasteiger partial charge in [0.05, 0.1) is 0 Å². The molecule has 0 aliphatic heterocycles. The van der Waals surface area contributed by atoms with Crippen molar-refractivity contribution in [3.8, 4) is 0 Å². The fourth-order valence-electron chi connectivity index (χ4n) is 3.44. The van der Waals surface area contributed by atoms with Crippen LogP contribution in [-0.4, -0.2) is 5.25 Å². The lowest BCUT2D eigenvalue weighted by atomic mass is 9.85. The monoisotopic (exact) mass is 404 g/mol. The summed E-state index contributed by atoms with van der Waals surface area (Å²) in [4.78, 5) is 1.46. The summed E-state index contributed by atoms with van der Waals surface area (Å²) in [5.41, 5.74) is 0. The summed E-state index contributed by atoms with van der Waals surface area (Å²) in [6.45, 7) is 2.30. The van der Waals surface area contributed by atoms with Crippen LogP contribution in [0.25, 0.3) is 0 Å². The normalized spacial score (nSPS) is 18.0. The van der Waals surface area contributed by atoms with E-state index >= 15 is 0 Å². The van der Waals surface area contributed by atoms with Crippen LogP contribution in [0.1, 0.15) is 77.6 Å². The van der Waals surface area contributed by atoms with Crippen molar-refractivity contribution in [1.29, 1.82) is 0 Å². The molecule has 0 saturated heterocycles. The van der Waals surface area contributed by atoms with Crippen LogP contribution in [0.4, 0.5) is 23.5 Å². The summed E-state index contributed by atoms with van der Waals surface area (Å²) in [6.07, 6.45) is 16.0. The van der Waals surface area contributed by atoms with E-state index in [9.17, 15) is 0 Å². The van der Waals surface area contributed by atoms with Crippen molar-refractivity contribution in [1.82, 2.24) is 0 Å². The smallest absolute Gasteiger partial charge is 0.00946 e. The van der Waals surface area contributed by atoms with Crippen LogP contribution >= 0.6 is 11.8 Å². The largest absolute Gasteiger partial charge is 0.269 e. The molecule has 0 spiro atoms. The third kappa shape index (κ3) is 13.4. The van der Waals surface area contributed by atoms with E-state index in [0.717, 1.165) is 11.2 Å². The second kappa shape index (κ2) is 20.5. The Hall–Kier alpha value is -0.780. The standard InChI is InChI=1S/C20H32S.5FH/c1-2-3-4-5-6-8-11-18-14-16-20(17-15-18)21-19-12-9-7-10-13-19;;;;;/h7,9-10,12-13,18,20H,2-6,8,11,14-17H2,1H3;5*1H. The van der Waals surface area contributed by atoms with E-state index in [1.807, 2.05) is 0 Å². The molecule has 0 unspecified atom stereocenters. The van der Waals surface area contributed by atoms with E-state index in [1.54, 1.807) is 0 Å². The lowest BCUT2D eigenvalue weighted by Crippen LogP contribution is -2.16. The van der Waals surface area contributed by atoms with Gasteiger partial charge in [0.15, 0.2) is 0 Å². The third-order valence-corrected chi connectivity index (χ3v) is 6.15.